The van der Waals surface area contributed by atoms with Gasteiger partial charge < -0.3 is 14.4 Å². The summed E-state index contributed by atoms with van der Waals surface area (Å²) in [6.45, 7) is 7.86. The lowest BCUT2D eigenvalue weighted by atomic mass is 10.1. The molecule has 1 saturated heterocycles. The van der Waals surface area contributed by atoms with E-state index in [4.69, 9.17) is 9.47 Å². The van der Waals surface area contributed by atoms with Crippen molar-refractivity contribution in [2.45, 2.75) is 51.0 Å². The molecule has 2 aromatic carbocycles. The molecule has 1 N–H and O–H groups in total. The number of ether oxygens (including phenoxy) is 2. The summed E-state index contributed by atoms with van der Waals surface area (Å²) in [7, 11) is -2.71. The minimum atomic E-state index is -4.25. The molecule has 1 aromatic heterocycles. The van der Waals surface area contributed by atoms with Crippen LogP contribution in [0.2, 0.25) is 0 Å². The summed E-state index contributed by atoms with van der Waals surface area (Å²) in [6.07, 6.45) is 1.80. The molecule has 1 amide bonds. The second-order valence-corrected chi connectivity index (χ2v) is 11.9. The van der Waals surface area contributed by atoms with E-state index < -0.39 is 31.1 Å². The third-order valence-electron chi connectivity index (χ3n) is 6.06. The zero-order valence-electron chi connectivity index (χ0n) is 22.4. The molecule has 0 saturated carbocycles. The number of carbonyl (C=O) groups excluding carboxylic acids is 1. The van der Waals surface area contributed by atoms with Crippen LogP contribution in [-0.4, -0.2) is 59.7 Å². The second-order valence-electron chi connectivity index (χ2n) is 10.2. The van der Waals surface area contributed by atoms with E-state index in [-0.39, 0.29) is 23.2 Å². The van der Waals surface area contributed by atoms with Gasteiger partial charge >= 0.3 is 0 Å². The van der Waals surface area contributed by atoms with Crippen LogP contribution in [0, 0.1) is 17.0 Å². The molecule has 2 heterocycles. The number of benzene rings is 2. The molecule has 0 aliphatic carbocycles. The Morgan fingerprint density at radius 1 is 1.10 bits per heavy atom. The van der Waals surface area contributed by atoms with Crippen LogP contribution >= 0.6 is 0 Å². The van der Waals surface area contributed by atoms with Gasteiger partial charge in [0.15, 0.2) is 5.69 Å². The van der Waals surface area contributed by atoms with Gasteiger partial charge in [-0.1, -0.05) is 0 Å². The standard InChI is InChI=1S/C26H31N5O7S/c1-17-23(24(32)29-14-6-7-15-29)27-30(18-8-11-20(37-5)12-9-18)25(17)38-21-13-10-19(31(33)34)16-22(21)39(35,36)28-26(2,3)4/h8-13,16,28H,6-7,14-15H2,1-5H3. The molecule has 208 valence electrons. The SMILES string of the molecule is COc1ccc(-n2nc(C(=O)N3CCCC3)c(C)c2Oc2ccc([N+](=O)[O-])cc2S(=O)(=O)NC(C)(C)C)cc1. The number of nitrogens with zero attached hydrogens (tertiary/aromatic N) is 4. The lowest BCUT2D eigenvalue weighted by Gasteiger charge is -2.21. The summed E-state index contributed by atoms with van der Waals surface area (Å²) in [5, 5.41) is 16.0. The van der Waals surface area contributed by atoms with Gasteiger partial charge in [-0.2, -0.15) is 9.78 Å². The van der Waals surface area contributed by atoms with E-state index in [2.05, 4.69) is 9.82 Å². The highest BCUT2D eigenvalue weighted by atomic mass is 32.2. The van der Waals surface area contributed by atoms with E-state index in [1.54, 1.807) is 56.9 Å². The molecule has 1 aliphatic rings. The highest BCUT2D eigenvalue weighted by Gasteiger charge is 2.31. The van der Waals surface area contributed by atoms with E-state index >= 15 is 0 Å². The molecule has 0 bridgehead atoms. The first-order valence-electron chi connectivity index (χ1n) is 12.3. The number of rotatable bonds is 8. The Morgan fingerprint density at radius 2 is 1.74 bits per heavy atom. The predicted octanol–water partition coefficient (Wildman–Crippen LogP) is 4.20. The van der Waals surface area contributed by atoms with Crippen LogP contribution in [0.25, 0.3) is 5.69 Å². The van der Waals surface area contributed by atoms with Crippen molar-refractivity contribution < 1.29 is 27.6 Å². The van der Waals surface area contributed by atoms with Gasteiger partial charge in [-0.3, -0.25) is 14.9 Å². The van der Waals surface area contributed by atoms with E-state index in [1.807, 2.05) is 0 Å². The molecule has 39 heavy (non-hydrogen) atoms. The molecular formula is C26H31N5O7S. The van der Waals surface area contributed by atoms with Gasteiger partial charge in [0.05, 0.1) is 17.7 Å². The van der Waals surface area contributed by atoms with Gasteiger partial charge in [0, 0.05) is 36.3 Å². The number of nitro benzene ring substituents is 1. The van der Waals surface area contributed by atoms with Crippen molar-refractivity contribution in [1.29, 1.82) is 0 Å². The molecule has 13 heteroatoms. The first kappa shape index (κ1) is 28.0. The number of carbonyl (C=O) groups is 1. The minimum Gasteiger partial charge on any atom is -0.497 e. The van der Waals surface area contributed by atoms with Gasteiger partial charge in [-0.15, -0.1) is 0 Å². The Balaban J connectivity index is 1.87. The molecule has 0 atom stereocenters. The largest absolute Gasteiger partial charge is 0.497 e. The monoisotopic (exact) mass is 557 g/mol. The maximum Gasteiger partial charge on any atom is 0.274 e. The van der Waals surface area contributed by atoms with Crippen molar-refractivity contribution in [1.82, 2.24) is 19.4 Å². The number of nitrogens with one attached hydrogen (secondary N) is 1. The fraction of sp³-hybridized carbons (Fsp3) is 0.385. The summed E-state index contributed by atoms with van der Waals surface area (Å²) in [5.74, 6) is 0.294. The van der Waals surface area contributed by atoms with Crippen molar-refractivity contribution in [3.05, 3.63) is 63.8 Å². The molecule has 12 nitrogen and oxygen atoms in total. The third kappa shape index (κ3) is 6.04. The van der Waals surface area contributed by atoms with Crippen LogP contribution in [0.3, 0.4) is 0 Å². The zero-order chi connectivity index (χ0) is 28.5. The van der Waals surface area contributed by atoms with Crippen molar-refractivity contribution in [2.24, 2.45) is 0 Å². The van der Waals surface area contributed by atoms with Crippen molar-refractivity contribution in [3.8, 4) is 23.1 Å². The lowest BCUT2D eigenvalue weighted by molar-refractivity contribution is -0.385. The van der Waals surface area contributed by atoms with Crippen molar-refractivity contribution in [2.75, 3.05) is 20.2 Å². The molecule has 0 unspecified atom stereocenters. The number of likely N-dealkylation sites (tertiary alicyclic amines) is 1. The fourth-order valence-corrected chi connectivity index (χ4v) is 5.81. The smallest absolute Gasteiger partial charge is 0.274 e. The zero-order valence-corrected chi connectivity index (χ0v) is 23.2. The van der Waals surface area contributed by atoms with Crippen molar-refractivity contribution in [3.63, 3.8) is 0 Å². The number of hydrogen-bond acceptors (Lipinski definition) is 8. The highest BCUT2D eigenvalue weighted by molar-refractivity contribution is 7.89. The highest BCUT2D eigenvalue weighted by Crippen LogP contribution is 2.36. The van der Waals surface area contributed by atoms with Crippen LogP contribution < -0.4 is 14.2 Å². The summed E-state index contributed by atoms with van der Waals surface area (Å²) in [6, 6.07) is 10.2. The molecule has 1 aliphatic heterocycles. The number of amides is 1. The fourth-order valence-electron chi connectivity index (χ4n) is 4.24. The molecular weight excluding hydrogens is 526 g/mol. The molecule has 4 rings (SSSR count). The van der Waals surface area contributed by atoms with Gasteiger partial charge in [0.2, 0.25) is 15.9 Å². The minimum absolute atomic E-state index is 0.101. The normalized spacial score (nSPS) is 13.9. The number of hydrogen-bond donors (Lipinski definition) is 1. The van der Waals surface area contributed by atoms with Gasteiger partial charge in [-0.05, 0) is 70.9 Å². The second kappa shape index (κ2) is 10.7. The first-order chi connectivity index (χ1) is 18.3. The van der Waals surface area contributed by atoms with Crippen LogP contribution in [0.4, 0.5) is 5.69 Å². The van der Waals surface area contributed by atoms with E-state index in [1.165, 1.54) is 17.9 Å². The van der Waals surface area contributed by atoms with Crippen molar-refractivity contribution >= 4 is 21.6 Å². The van der Waals surface area contributed by atoms with E-state index in [0.717, 1.165) is 25.0 Å². The van der Waals surface area contributed by atoms with Gasteiger partial charge in [0.25, 0.3) is 11.6 Å². The first-order valence-corrected chi connectivity index (χ1v) is 13.8. The molecule has 0 spiro atoms. The Bertz CT molecular complexity index is 1500. The number of sulfonamides is 1. The van der Waals surface area contributed by atoms with Crippen LogP contribution in [0.15, 0.2) is 47.4 Å². The summed E-state index contributed by atoms with van der Waals surface area (Å²) in [5.41, 5.74) is -0.179. The number of aromatic nitrogens is 2. The van der Waals surface area contributed by atoms with E-state index in [0.29, 0.717) is 30.1 Å². The predicted molar refractivity (Wildman–Crippen MR) is 143 cm³/mol. The third-order valence-corrected chi connectivity index (χ3v) is 7.84. The van der Waals surface area contributed by atoms with E-state index in [9.17, 15) is 23.3 Å². The maximum absolute atomic E-state index is 13.3. The Hall–Kier alpha value is -3.97. The van der Waals surface area contributed by atoms with Crippen LogP contribution in [0.1, 0.15) is 49.7 Å². The number of non-ortho nitro benzene ring substituents is 1. The topological polar surface area (TPSA) is 146 Å². The molecule has 0 radical (unpaired) electrons. The average molecular weight is 558 g/mol. The summed E-state index contributed by atoms with van der Waals surface area (Å²) in [4.78, 5) is 25.4. The van der Waals surface area contributed by atoms with Gasteiger partial charge in [-0.25, -0.2) is 13.1 Å². The van der Waals surface area contributed by atoms with Crippen LogP contribution in [0.5, 0.6) is 17.4 Å². The average Bonchev–Trinajstić information content (AvgIpc) is 3.51. The number of methoxy groups -OCH3 is 1. The van der Waals surface area contributed by atoms with Gasteiger partial charge in [0.1, 0.15) is 16.4 Å². The summed E-state index contributed by atoms with van der Waals surface area (Å²) < 4.78 is 42.0. The maximum atomic E-state index is 13.3. The Kier molecular flexibility index (Phi) is 7.66. The molecule has 3 aromatic rings. The Labute approximate surface area is 226 Å². The summed E-state index contributed by atoms with van der Waals surface area (Å²) >= 11 is 0. The number of nitro groups is 1. The lowest BCUT2D eigenvalue weighted by Crippen LogP contribution is -2.40. The Morgan fingerprint density at radius 3 is 2.31 bits per heavy atom. The quantitative estimate of drug-likeness (QED) is 0.320. The molecule has 1 fully saturated rings. The van der Waals surface area contributed by atoms with Crippen LogP contribution in [-0.2, 0) is 10.0 Å².